The molecule has 0 spiro atoms. The Morgan fingerprint density at radius 2 is 2.00 bits per heavy atom. The highest BCUT2D eigenvalue weighted by Crippen LogP contribution is 2.28. The Morgan fingerprint density at radius 1 is 1.26 bits per heavy atom. The van der Waals surface area contributed by atoms with Gasteiger partial charge in [-0.05, 0) is 43.4 Å². The van der Waals surface area contributed by atoms with Crippen molar-refractivity contribution >= 4 is 15.5 Å². The molecule has 1 fully saturated rings. The summed E-state index contributed by atoms with van der Waals surface area (Å²) in [6, 6.07) is 5.80. The van der Waals surface area contributed by atoms with E-state index >= 15 is 0 Å². The van der Waals surface area contributed by atoms with Crippen LogP contribution < -0.4 is 5.32 Å². The maximum absolute atomic E-state index is 11.6. The fraction of sp³-hybridized carbons (Fsp3) is 0.600. The van der Waals surface area contributed by atoms with Crippen LogP contribution in [0.3, 0.4) is 0 Å². The molecule has 0 aliphatic heterocycles. The molecule has 0 bridgehead atoms. The smallest absolute Gasteiger partial charge is 0.175 e. The van der Waals surface area contributed by atoms with Gasteiger partial charge in [-0.25, -0.2) is 8.42 Å². The quantitative estimate of drug-likeness (QED) is 0.923. The first kappa shape index (κ1) is 14.4. The molecule has 0 aromatic heterocycles. The highest BCUT2D eigenvalue weighted by molar-refractivity contribution is 7.90. The fourth-order valence-corrected chi connectivity index (χ4v) is 3.42. The molecule has 19 heavy (non-hydrogen) atoms. The molecule has 4 heteroatoms. The molecular formula is C15H23NO2S. The molecule has 0 amide bonds. The van der Waals surface area contributed by atoms with Crippen LogP contribution in [0.4, 0.5) is 5.69 Å². The number of hydrogen-bond donors (Lipinski definition) is 1. The zero-order valence-corrected chi connectivity index (χ0v) is 12.8. The van der Waals surface area contributed by atoms with Crippen molar-refractivity contribution in [1.29, 1.82) is 0 Å². The molecule has 0 heterocycles. The molecule has 3 nitrogen and oxygen atoms in total. The van der Waals surface area contributed by atoms with Crippen molar-refractivity contribution in [2.75, 3.05) is 11.6 Å². The highest BCUT2D eigenvalue weighted by Gasteiger charge is 2.19. The molecule has 0 saturated heterocycles. The topological polar surface area (TPSA) is 46.2 Å². The highest BCUT2D eigenvalue weighted by atomic mass is 32.2. The molecule has 1 aliphatic rings. The van der Waals surface area contributed by atoms with Gasteiger partial charge in [0.15, 0.2) is 9.84 Å². The number of rotatable bonds is 3. The lowest BCUT2D eigenvalue weighted by Crippen LogP contribution is -2.26. The molecular weight excluding hydrogens is 258 g/mol. The van der Waals surface area contributed by atoms with Crippen LogP contribution in [-0.4, -0.2) is 20.7 Å². The van der Waals surface area contributed by atoms with E-state index in [0.717, 1.165) is 17.2 Å². The van der Waals surface area contributed by atoms with Gasteiger partial charge in [0.1, 0.15) is 0 Å². The Labute approximate surface area is 116 Å². The van der Waals surface area contributed by atoms with Crippen molar-refractivity contribution in [2.45, 2.75) is 50.5 Å². The summed E-state index contributed by atoms with van der Waals surface area (Å²) in [5, 5.41) is 3.53. The summed E-state index contributed by atoms with van der Waals surface area (Å²) < 4.78 is 23.2. The second kappa shape index (κ2) is 5.53. The number of nitrogens with one attached hydrogen (secondary N) is 1. The second-order valence-electron chi connectivity index (χ2n) is 5.86. The van der Waals surface area contributed by atoms with E-state index in [1.54, 1.807) is 12.1 Å². The first-order valence-corrected chi connectivity index (χ1v) is 8.82. The van der Waals surface area contributed by atoms with Crippen LogP contribution in [-0.2, 0) is 9.84 Å². The van der Waals surface area contributed by atoms with Crippen molar-refractivity contribution in [1.82, 2.24) is 0 Å². The number of anilines is 1. The number of sulfone groups is 1. The summed E-state index contributed by atoms with van der Waals surface area (Å²) in [5.41, 5.74) is 2.06. The van der Waals surface area contributed by atoms with Crippen molar-refractivity contribution in [2.24, 2.45) is 5.92 Å². The first-order valence-electron chi connectivity index (χ1n) is 6.93. The predicted octanol–water partition coefficient (Wildman–Crippen LogP) is 3.39. The van der Waals surface area contributed by atoms with E-state index in [-0.39, 0.29) is 0 Å². The van der Waals surface area contributed by atoms with Crippen molar-refractivity contribution in [3.63, 3.8) is 0 Å². The Balaban J connectivity index is 2.19. The van der Waals surface area contributed by atoms with E-state index in [4.69, 9.17) is 0 Å². The SMILES string of the molecule is Cc1ccc(S(C)(=O)=O)cc1NC1CCCC(C)C1. The standard InChI is InChI=1S/C15H23NO2S/c1-11-5-4-6-13(9-11)16-15-10-14(19(3,17)18)8-7-12(15)2/h7-8,10-11,13,16H,4-6,9H2,1-3H3. The zero-order valence-electron chi connectivity index (χ0n) is 11.9. The fourth-order valence-electron chi connectivity index (χ4n) is 2.77. The van der Waals surface area contributed by atoms with Crippen LogP contribution in [0.2, 0.25) is 0 Å². The Bertz CT molecular complexity index is 551. The molecule has 1 aromatic rings. The van der Waals surface area contributed by atoms with Gasteiger partial charge >= 0.3 is 0 Å². The normalized spacial score (nSPS) is 24.2. The van der Waals surface area contributed by atoms with Gasteiger partial charge in [0.25, 0.3) is 0 Å². The summed E-state index contributed by atoms with van der Waals surface area (Å²) in [6.45, 7) is 4.30. The van der Waals surface area contributed by atoms with Crippen LogP contribution in [0, 0.1) is 12.8 Å². The van der Waals surface area contributed by atoms with Gasteiger partial charge in [0, 0.05) is 18.0 Å². The minimum absolute atomic E-state index is 0.393. The van der Waals surface area contributed by atoms with Crippen LogP contribution in [0.25, 0.3) is 0 Å². The Hall–Kier alpha value is -1.03. The largest absolute Gasteiger partial charge is 0.382 e. The monoisotopic (exact) mass is 281 g/mol. The average Bonchev–Trinajstić information content (AvgIpc) is 2.30. The summed E-state index contributed by atoms with van der Waals surface area (Å²) in [7, 11) is -3.13. The molecule has 1 aromatic carbocycles. The van der Waals surface area contributed by atoms with Crippen LogP contribution in [0.15, 0.2) is 23.1 Å². The van der Waals surface area contributed by atoms with Crippen molar-refractivity contribution < 1.29 is 8.42 Å². The molecule has 1 aliphatic carbocycles. The van der Waals surface area contributed by atoms with Crippen molar-refractivity contribution in [3.05, 3.63) is 23.8 Å². The maximum Gasteiger partial charge on any atom is 0.175 e. The third-order valence-electron chi connectivity index (χ3n) is 3.93. The summed E-state index contributed by atoms with van der Waals surface area (Å²) in [6.07, 6.45) is 6.16. The van der Waals surface area contributed by atoms with E-state index in [2.05, 4.69) is 12.2 Å². The van der Waals surface area contributed by atoms with E-state index in [0.29, 0.717) is 10.9 Å². The van der Waals surface area contributed by atoms with Crippen LogP contribution in [0.5, 0.6) is 0 Å². The number of aryl methyl sites for hydroxylation is 1. The zero-order chi connectivity index (χ0) is 14.0. The average molecular weight is 281 g/mol. The maximum atomic E-state index is 11.6. The van der Waals surface area contributed by atoms with Gasteiger partial charge in [0.2, 0.25) is 0 Å². The van der Waals surface area contributed by atoms with Gasteiger partial charge in [0.05, 0.1) is 4.90 Å². The van der Waals surface area contributed by atoms with Gasteiger partial charge in [-0.3, -0.25) is 0 Å². The molecule has 2 unspecified atom stereocenters. The van der Waals surface area contributed by atoms with Crippen LogP contribution in [0.1, 0.15) is 38.2 Å². The molecule has 1 saturated carbocycles. The molecule has 0 radical (unpaired) electrons. The Kier molecular flexibility index (Phi) is 4.19. The van der Waals surface area contributed by atoms with Gasteiger partial charge in [-0.1, -0.05) is 25.8 Å². The van der Waals surface area contributed by atoms with Gasteiger partial charge < -0.3 is 5.32 Å². The third-order valence-corrected chi connectivity index (χ3v) is 5.04. The van der Waals surface area contributed by atoms with Crippen molar-refractivity contribution in [3.8, 4) is 0 Å². The lowest BCUT2D eigenvalue weighted by atomic mass is 9.87. The first-order chi connectivity index (χ1) is 8.86. The van der Waals surface area contributed by atoms with E-state index in [1.807, 2.05) is 13.0 Å². The van der Waals surface area contributed by atoms with E-state index < -0.39 is 9.84 Å². The summed E-state index contributed by atoms with van der Waals surface area (Å²) in [4.78, 5) is 0.393. The summed E-state index contributed by atoms with van der Waals surface area (Å²) >= 11 is 0. The van der Waals surface area contributed by atoms with Gasteiger partial charge in [-0.2, -0.15) is 0 Å². The molecule has 2 rings (SSSR count). The number of benzene rings is 1. The second-order valence-corrected chi connectivity index (χ2v) is 7.88. The lowest BCUT2D eigenvalue weighted by molar-refractivity contribution is 0.358. The minimum Gasteiger partial charge on any atom is -0.382 e. The van der Waals surface area contributed by atoms with E-state index in [1.165, 1.54) is 31.9 Å². The summed E-state index contributed by atoms with van der Waals surface area (Å²) in [5.74, 6) is 0.754. The Morgan fingerprint density at radius 3 is 2.63 bits per heavy atom. The lowest BCUT2D eigenvalue weighted by Gasteiger charge is -2.29. The minimum atomic E-state index is -3.13. The molecule has 106 valence electrons. The van der Waals surface area contributed by atoms with Crippen LogP contribution >= 0.6 is 0 Å². The van der Waals surface area contributed by atoms with Gasteiger partial charge in [-0.15, -0.1) is 0 Å². The molecule has 2 atom stereocenters. The van der Waals surface area contributed by atoms with E-state index in [9.17, 15) is 8.42 Å². The number of hydrogen-bond acceptors (Lipinski definition) is 3. The third kappa shape index (κ3) is 3.72. The predicted molar refractivity (Wildman–Crippen MR) is 79.3 cm³/mol. The molecule has 1 N–H and O–H groups in total.